The summed E-state index contributed by atoms with van der Waals surface area (Å²) in [6, 6.07) is 8.66. The molecule has 1 heterocycles. The van der Waals surface area contributed by atoms with E-state index in [-0.39, 0.29) is 18.1 Å². The Kier molecular flexibility index (Phi) is 8.87. The van der Waals surface area contributed by atoms with Gasteiger partial charge in [0.1, 0.15) is 11.8 Å². The number of hydrogen-bond donors (Lipinski definition) is 1. The first-order valence-corrected chi connectivity index (χ1v) is 14.0. The van der Waals surface area contributed by atoms with Crippen LogP contribution in [0.2, 0.25) is 0 Å². The van der Waals surface area contributed by atoms with Crippen molar-refractivity contribution in [3.63, 3.8) is 0 Å². The van der Waals surface area contributed by atoms with E-state index in [1.807, 2.05) is 24.3 Å². The summed E-state index contributed by atoms with van der Waals surface area (Å²) < 4.78 is 25.3. The first kappa shape index (κ1) is 25.3. The number of fused-ring (bicyclic) bond motifs is 1. The van der Waals surface area contributed by atoms with Crippen molar-refractivity contribution >= 4 is 7.59 Å². The van der Waals surface area contributed by atoms with Crippen LogP contribution in [0.5, 0.6) is 5.75 Å². The highest BCUT2D eigenvalue weighted by Crippen LogP contribution is 2.63. The van der Waals surface area contributed by atoms with Gasteiger partial charge in [-0.25, -0.2) is 14.4 Å². The fourth-order valence-corrected chi connectivity index (χ4v) is 9.09. The number of hydrogen-bond acceptors (Lipinski definition) is 2. The molecule has 1 aliphatic heterocycles. The van der Waals surface area contributed by atoms with E-state index < -0.39 is 7.59 Å². The monoisotopic (exact) mass is 459 g/mol. The Morgan fingerprint density at radius 1 is 1.09 bits per heavy atom. The second-order valence-corrected chi connectivity index (χ2v) is 11.9. The zero-order chi connectivity index (χ0) is 23.3. The minimum Gasteiger partial charge on any atom is -0.496 e. The number of unbranched alkanes of at least 4 members (excludes halogenated alkanes) is 2. The Morgan fingerprint density at radius 3 is 2.22 bits per heavy atom. The molecule has 2 fully saturated rings. The summed E-state index contributed by atoms with van der Waals surface area (Å²) >= 11 is 0. The number of nitrogens with zero attached hydrogens (tertiary/aromatic N) is 2. The van der Waals surface area contributed by atoms with Crippen LogP contribution in [0.15, 0.2) is 24.3 Å². The van der Waals surface area contributed by atoms with Gasteiger partial charge in [0.25, 0.3) is 7.59 Å². The Morgan fingerprint density at radius 2 is 1.69 bits per heavy atom. The van der Waals surface area contributed by atoms with Crippen LogP contribution >= 0.6 is 7.59 Å². The number of rotatable bonds is 8. The molecule has 0 unspecified atom stereocenters. The van der Waals surface area contributed by atoms with E-state index in [4.69, 9.17) is 4.74 Å². The number of para-hydroxylation sites is 1. The molecule has 0 bridgehead atoms. The fraction of sp³-hybridized carbons (Fsp3) is 0.692. The summed E-state index contributed by atoms with van der Waals surface area (Å²) in [5, 5.41) is 3.63. The predicted octanol–water partition coefficient (Wildman–Crippen LogP) is 6.37. The number of nitrogens with one attached hydrogen (secondary N) is 1. The lowest BCUT2D eigenvalue weighted by Crippen LogP contribution is -2.43. The average Bonchev–Trinajstić information content (AvgIpc) is 3.03. The quantitative estimate of drug-likeness (QED) is 0.278. The fourth-order valence-electron chi connectivity index (χ4n) is 5.45. The van der Waals surface area contributed by atoms with E-state index in [1.165, 1.54) is 12.8 Å². The number of ether oxygens (including phenoxy) is 1. The molecular formula is C26H42N3O2P. The Balaban J connectivity index is 2.06. The van der Waals surface area contributed by atoms with Crippen molar-refractivity contribution < 1.29 is 9.30 Å². The van der Waals surface area contributed by atoms with E-state index in [0.717, 1.165) is 43.4 Å². The van der Waals surface area contributed by atoms with Gasteiger partial charge < -0.3 is 4.74 Å². The van der Waals surface area contributed by atoms with Gasteiger partial charge in [-0.1, -0.05) is 50.3 Å². The minimum atomic E-state index is -3.06. The van der Waals surface area contributed by atoms with Crippen LogP contribution in [0, 0.1) is 11.8 Å². The largest absolute Gasteiger partial charge is 0.496 e. The van der Waals surface area contributed by atoms with E-state index in [2.05, 4.69) is 60.9 Å². The van der Waals surface area contributed by atoms with Gasteiger partial charge in [0.2, 0.25) is 0 Å². The van der Waals surface area contributed by atoms with Crippen LogP contribution in [-0.4, -0.2) is 40.6 Å². The lowest BCUT2D eigenvalue weighted by Gasteiger charge is -2.38. The van der Waals surface area contributed by atoms with Gasteiger partial charge in [0.15, 0.2) is 0 Å². The molecule has 1 N–H and O–H groups in total. The molecule has 1 saturated carbocycles. The molecule has 3 atom stereocenters. The molecule has 178 valence electrons. The predicted molar refractivity (Wildman–Crippen MR) is 134 cm³/mol. The molecule has 1 aliphatic carbocycles. The smallest absolute Gasteiger partial charge is 0.286 e. The Bertz CT molecular complexity index is 832. The standard InChI is InChI=1S/C26H42N3O2P/c1-7-8-9-10-16-23(22-15-11-14-19-26(22)31-6)27-32(30)28(20(2)3)24-17-12-13-18-25(24)29(32)21(4)5/h11,14-15,19-21,23-25H,7-9,12-13,17-18H2,1-6H3,(H,27,30)/t23-,24-,25-/m1/s1. The summed E-state index contributed by atoms with van der Waals surface area (Å²) in [4.78, 5) is 0. The minimum absolute atomic E-state index is 0.189. The third-order valence-corrected chi connectivity index (χ3v) is 10.1. The van der Waals surface area contributed by atoms with E-state index in [0.29, 0.717) is 12.1 Å². The molecule has 32 heavy (non-hydrogen) atoms. The zero-order valence-corrected chi connectivity index (χ0v) is 21.7. The highest BCUT2D eigenvalue weighted by atomic mass is 31.2. The summed E-state index contributed by atoms with van der Waals surface area (Å²) in [6.45, 7) is 10.9. The molecule has 1 aromatic rings. The Hall–Kier alpha value is -1.31. The lowest BCUT2D eigenvalue weighted by molar-refractivity contribution is 0.173. The van der Waals surface area contributed by atoms with Gasteiger partial charge in [0.05, 0.1) is 7.11 Å². The maximum atomic E-state index is 15.0. The van der Waals surface area contributed by atoms with Gasteiger partial charge >= 0.3 is 0 Å². The second-order valence-electron chi connectivity index (χ2n) is 9.64. The van der Waals surface area contributed by atoms with E-state index in [9.17, 15) is 0 Å². The molecule has 0 radical (unpaired) electrons. The summed E-state index contributed by atoms with van der Waals surface area (Å²) in [6.07, 6.45) is 7.68. The van der Waals surface area contributed by atoms with Gasteiger partial charge in [0, 0.05) is 36.2 Å². The molecule has 5 nitrogen and oxygen atoms in total. The Labute approximate surface area is 195 Å². The first-order valence-electron chi connectivity index (χ1n) is 12.4. The molecule has 0 aromatic heterocycles. The third kappa shape index (κ3) is 5.10. The molecule has 2 aliphatic rings. The van der Waals surface area contributed by atoms with Crippen molar-refractivity contribution in [1.82, 2.24) is 14.4 Å². The number of benzene rings is 1. The summed E-state index contributed by atoms with van der Waals surface area (Å²) in [5.41, 5.74) is 0.955. The van der Waals surface area contributed by atoms with Crippen molar-refractivity contribution in [3.8, 4) is 17.6 Å². The molecule has 6 heteroatoms. The average molecular weight is 460 g/mol. The zero-order valence-electron chi connectivity index (χ0n) is 20.8. The summed E-state index contributed by atoms with van der Waals surface area (Å²) in [7, 11) is -1.37. The topological polar surface area (TPSA) is 44.8 Å². The molecule has 1 aromatic carbocycles. The van der Waals surface area contributed by atoms with Gasteiger partial charge in [-0.05, 0) is 53.0 Å². The second kappa shape index (κ2) is 11.2. The van der Waals surface area contributed by atoms with Crippen LogP contribution in [0.3, 0.4) is 0 Å². The highest BCUT2D eigenvalue weighted by molar-refractivity contribution is 7.57. The van der Waals surface area contributed by atoms with Gasteiger partial charge in [-0.3, -0.25) is 4.57 Å². The van der Waals surface area contributed by atoms with Crippen molar-refractivity contribution in [2.45, 2.75) is 110 Å². The maximum Gasteiger partial charge on any atom is 0.286 e. The first-order chi connectivity index (χ1) is 15.3. The maximum absolute atomic E-state index is 15.0. The van der Waals surface area contributed by atoms with Crippen molar-refractivity contribution in [1.29, 1.82) is 0 Å². The molecule has 0 spiro atoms. The van der Waals surface area contributed by atoms with Gasteiger partial charge in [-0.15, -0.1) is 5.92 Å². The number of methoxy groups -OCH3 is 1. The molecule has 1 saturated heterocycles. The third-order valence-electron chi connectivity index (χ3n) is 6.71. The lowest BCUT2D eigenvalue weighted by atomic mass is 9.89. The van der Waals surface area contributed by atoms with Crippen LogP contribution < -0.4 is 9.82 Å². The molecule has 0 amide bonds. The molecule has 3 rings (SSSR count). The van der Waals surface area contributed by atoms with Crippen molar-refractivity contribution in [2.24, 2.45) is 0 Å². The van der Waals surface area contributed by atoms with Crippen LogP contribution in [0.25, 0.3) is 0 Å². The van der Waals surface area contributed by atoms with Crippen molar-refractivity contribution in [3.05, 3.63) is 29.8 Å². The molecular weight excluding hydrogens is 417 g/mol. The van der Waals surface area contributed by atoms with E-state index >= 15 is 4.57 Å². The summed E-state index contributed by atoms with van der Waals surface area (Å²) in [5.74, 6) is 7.57. The van der Waals surface area contributed by atoms with E-state index in [1.54, 1.807) is 7.11 Å². The SMILES string of the molecule is CCCCC#C[C@@H](NP1(=O)N(C(C)C)[C@@H]2CCCC[C@H]2N1C(C)C)c1ccccc1OC. The van der Waals surface area contributed by atoms with Crippen LogP contribution in [-0.2, 0) is 4.57 Å². The van der Waals surface area contributed by atoms with Crippen LogP contribution in [0.1, 0.15) is 91.2 Å². The van der Waals surface area contributed by atoms with Gasteiger partial charge in [-0.2, -0.15) is 0 Å². The normalized spacial score (nSPS) is 24.2. The van der Waals surface area contributed by atoms with Crippen molar-refractivity contribution in [2.75, 3.05) is 7.11 Å². The van der Waals surface area contributed by atoms with Crippen LogP contribution in [0.4, 0.5) is 0 Å². The highest BCUT2D eigenvalue weighted by Gasteiger charge is 2.57.